The summed E-state index contributed by atoms with van der Waals surface area (Å²) in [5.41, 5.74) is 3.21. The third-order valence-electron chi connectivity index (χ3n) is 5.88. The summed E-state index contributed by atoms with van der Waals surface area (Å²) in [4.78, 5) is 0.0182. The zero-order valence-corrected chi connectivity index (χ0v) is 20.6. The minimum atomic E-state index is -3.95. The van der Waals surface area contributed by atoms with Crippen LogP contribution in [0.4, 0.5) is 15.8 Å². The number of ether oxygens (including phenoxy) is 1. The van der Waals surface area contributed by atoms with Crippen molar-refractivity contribution >= 4 is 31.4 Å². The molecule has 0 aliphatic carbocycles. The normalized spacial score (nSPS) is 13.9. The molecular weight excluding hydrogens is 479 g/mol. The first-order chi connectivity index (χ1) is 16.0. The monoisotopic (exact) mass is 504 g/mol. The van der Waals surface area contributed by atoms with E-state index in [4.69, 9.17) is 4.74 Å². The van der Waals surface area contributed by atoms with Crippen molar-refractivity contribution in [2.24, 2.45) is 0 Å². The Morgan fingerprint density at radius 2 is 1.62 bits per heavy atom. The highest BCUT2D eigenvalue weighted by atomic mass is 32.2. The van der Waals surface area contributed by atoms with Gasteiger partial charge in [0.2, 0.25) is 0 Å². The molecule has 0 unspecified atom stereocenters. The summed E-state index contributed by atoms with van der Waals surface area (Å²) in [7, 11) is -6.43. The van der Waals surface area contributed by atoms with Crippen LogP contribution in [0.3, 0.4) is 0 Å². The molecule has 0 radical (unpaired) electrons. The van der Waals surface area contributed by atoms with Crippen molar-refractivity contribution in [3.05, 3.63) is 77.1 Å². The van der Waals surface area contributed by atoms with Crippen LogP contribution >= 0.6 is 0 Å². The van der Waals surface area contributed by atoms with E-state index >= 15 is 0 Å². The Labute approximate surface area is 199 Å². The van der Waals surface area contributed by atoms with Crippen molar-refractivity contribution in [1.82, 2.24) is 0 Å². The molecule has 3 aromatic carbocycles. The summed E-state index contributed by atoms with van der Waals surface area (Å²) >= 11 is 0. The maximum Gasteiger partial charge on any atom is 0.265 e. The summed E-state index contributed by atoms with van der Waals surface area (Å²) in [6, 6.07) is 12.7. The molecular formula is C24H25FN2O5S2. The third-order valence-corrected chi connectivity index (χ3v) is 9.11. The van der Waals surface area contributed by atoms with Crippen LogP contribution in [-0.4, -0.2) is 30.5 Å². The van der Waals surface area contributed by atoms with Crippen LogP contribution in [0.1, 0.15) is 23.1 Å². The minimum absolute atomic E-state index is 0.00614. The molecule has 0 aromatic heterocycles. The van der Waals surface area contributed by atoms with Gasteiger partial charge in [-0.15, -0.1) is 0 Å². The van der Waals surface area contributed by atoms with Gasteiger partial charge in [-0.25, -0.2) is 21.2 Å². The van der Waals surface area contributed by atoms with Crippen molar-refractivity contribution in [2.75, 3.05) is 22.7 Å². The van der Waals surface area contributed by atoms with Gasteiger partial charge in [0.15, 0.2) is 0 Å². The van der Waals surface area contributed by atoms with E-state index in [1.165, 1.54) is 29.6 Å². The predicted octanol–water partition coefficient (Wildman–Crippen LogP) is 4.39. The van der Waals surface area contributed by atoms with E-state index in [0.29, 0.717) is 29.8 Å². The lowest BCUT2D eigenvalue weighted by atomic mass is 10.0. The number of hydrogen-bond donors (Lipinski definition) is 1. The summed E-state index contributed by atoms with van der Waals surface area (Å²) < 4.78 is 75.0. The number of anilines is 2. The molecule has 1 N–H and O–H groups in total. The molecule has 1 aliphatic heterocycles. The van der Waals surface area contributed by atoms with Crippen LogP contribution < -0.4 is 13.8 Å². The summed E-state index contributed by atoms with van der Waals surface area (Å²) in [6.45, 7) is 3.97. The Balaban J connectivity index is 1.67. The van der Waals surface area contributed by atoms with Crippen LogP contribution in [0.25, 0.3) is 0 Å². The highest BCUT2D eigenvalue weighted by molar-refractivity contribution is 7.93. The van der Waals surface area contributed by atoms with E-state index in [1.54, 1.807) is 24.3 Å². The number of rotatable bonds is 6. The summed E-state index contributed by atoms with van der Waals surface area (Å²) in [5, 5.41) is 0. The molecule has 1 heterocycles. The van der Waals surface area contributed by atoms with Crippen LogP contribution in [0, 0.1) is 19.7 Å². The molecule has 4 rings (SSSR count). The van der Waals surface area contributed by atoms with E-state index in [0.717, 1.165) is 23.3 Å². The van der Waals surface area contributed by atoms with E-state index in [1.807, 2.05) is 13.8 Å². The SMILES string of the molecule is COc1cc(C)c(C)cc1S(=O)(=O)Nc1ccc2c(c1)CCCN2S(=O)(=O)c1ccc(F)cc1. The van der Waals surface area contributed by atoms with Crippen LogP contribution in [-0.2, 0) is 26.5 Å². The Morgan fingerprint density at radius 1 is 0.941 bits per heavy atom. The van der Waals surface area contributed by atoms with Crippen LogP contribution in [0.15, 0.2) is 64.4 Å². The zero-order chi connectivity index (χ0) is 24.7. The predicted molar refractivity (Wildman–Crippen MR) is 129 cm³/mol. The van der Waals surface area contributed by atoms with E-state index in [-0.39, 0.29) is 22.1 Å². The average Bonchev–Trinajstić information content (AvgIpc) is 2.80. The lowest BCUT2D eigenvalue weighted by Crippen LogP contribution is -2.35. The Bertz CT molecular complexity index is 1450. The number of aryl methyl sites for hydroxylation is 3. The van der Waals surface area contributed by atoms with Crippen molar-refractivity contribution in [3.63, 3.8) is 0 Å². The topological polar surface area (TPSA) is 92.8 Å². The highest BCUT2D eigenvalue weighted by Gasteiger charge is 2.30. The second kappa shape index (κ2) is 8.92. The average molecular weight is 505 g/mol. The molecule has 10 heteroatoms. The van der Waals surface area contributed by atoms with E-state index in [9.17, 15) is 21.2 Å². The molecule has 0 bridgehead atoms. The summed E-state index contributed by atoms with van der Waals surface area (Å²) in [6.07, 6.45) is 1.15. The minimum Gasteiger partial charge on any atom is -0.495 e. The number of benzene rings is 3. The van der Waals surface area contributed by atoms with Crippen molar-refractivity contribution < 1.29 is 26.0 Å². The fourth-order valence-corrected chi connectivity index (χ4v) is 6.78. The van der Waals surface area contributed by atoms with Gasteiger partial charge in [-0.2, -0.15) is 0 Å². The zero-order valence-electron chi connectivity index (χ0n) is 19.0. The summed E-state index contributed by atoms with van der Waals surface area (Å²) in [5.74, 6) is -0.277. The first-order valence-electron chi connectivity index (χ1n) is 10.6. The van der Waals surface area contributed by atoms with Gasteiger partial charge >= 0.3 is 0 Å². The van der Waals surface area contributed by atoms with E-state index in [2.05, 4.69) is 4.72 Å². The van der Waals surface area contributed by atoms with Gasteiger partial charge in [0.25, 0.3) is 20.0 Å². The number of nitrogens with zero attached hydrogens (tertiary/aromatic N) is 1. The van der Waals surface area contributed by atoms with Gasteiger partial charge in [-0.3, -0.25) is 9.03 Å². The van der Waals surface area contributed by atoms with Gasteiger partial charge in [0.1, 0.15) is 16.5 Å². The highest BCUT2D eigenvalue weighted by Crippen LogP contribution is 2.35. The molecule has 7 nitrogen and oxygen atoms in total. The Hall–Kier alpha value is -3.11. The smallest absolute Gasteiger partial charge is 0.265 e. The molecule has 1 aliphatic rings. The fraction of sp³-hybridized carbons (Fsp3) is 0.250. The third kappa shape index (κ3) is 4.47. The quantitative estimate of drug-likeness (QED) is 0.537. The molecule has 180 valence electrons. The number of nitrogens with one attached hydrogen (secondary N) is 1. The van der Waals surface area contributed by atoms with E-state index < -0.39 is 25.9 Å². The number of fused-ring (bicyclic) bond motifs is 1. The van der Waals surface area contributed by atoms with Gasteiger partial charge in [0.05, 0.1) is 17.7 Å². The maximum atomic E-state index is 13.3. The van der Waals surface area contributed by atoms with Crippen LogP contribution in [0.5, 0.6) is 5.75 Å². The first-order valence-corrected chi connectivity index (χ1v) is 13.5. The molecule has 0 spiro atoms. The Morgan fingerprint density at radius 3 is 2.29 bits per heavy atom. The Kier molecular flexibility index (Phi) is 6.30. The largest absolute Gasteiger partial charge is 0.495 e. The number of sulfonamides is 2. The van der Waals surface area contributed by atoms with Crippen LogP contribution in [0.2, 0.25) is 0 Å². The van der Waals surface area contributed by atoms with Gasteiger partial charge in [-0.1, -0.05) is 0 Å². The number of halogens is 1. The number of hydrogen-bond acceptors (Lipinski definition) is 5. The number of methoxy groups -OCH3 is 1. The van der Waals surface area contributed by atoms with Crippen molar-refractivity contribution in [1.29, 1.82) is 0 Å². The fourth-order valence-electron chi connectivity index (χ4n) is 3.95. The standard InChI is InChI=1S/C24H25FN2O5S2/c1-16-13-23(32-3)24(14-17(16)2)33(28,29)26-20-8-11-22-18(15-20)5-4-12-27(22)34(30,31)21-9-6-19(25)7-10-21/h6-11,13-15,26H,4-5,12H2,1-3H3. The molecule has 0 atom stereocenters. The molecule has 0 saturated heterocycles. The van der Waals surface area contributed by atoms with Gasteiger partial charge in [-0.05, 0) is 98.0 Å². The second-order valence-electron chi connectivity index (χ2n) is 8.17. The first kappa shape index (κ1) is 24.0. The lowest BCUT2D eigenvalue weighted by molar-refractivity contribution is 0.402. The van der Waals surface area contributed by atoms with Gasteiger partial charge in [0, 0.05) is 12.2 Å². The van der Waals surface area contributed by atoms with Crippen molar-refractivity contribution in [2.45, 2.75) is 36.5 Å². The lowest BCUT2D eigenvalue weighted by Gasteiger charge is -2.31. The van der Waals surface area contributed by atoms with Crippen molar-refractivity contribution in [3.8, 4) is 5.75 Å². The molecule has 0 saturated carbocycles. The van der Waals surface area contributed by atoms with Gasteiger partial charge < -0.3 is 4.74 Å². The molecule has 0 fully saturated rings. The second-order valence-corrected chi connectivity index (χ2v) is 11.7. The molecule has 34 heavy (non-hydrogen) atoms. The molecule has 3 aromatic rings. The molecule has 0 amide bonds. The maximum absolute atomic E-state index is 13.3.